The molecule has 0 aromatic carbocycles. The highest BCUT2D eigenvalue weighted by Crippen LogP contribution is 2.12. The molecule has 1 aromatic heterocycles. The average molecular weight is 265 g/mol. The Morgan fingerprint density at radius 3 is 2.84 bits per heavy atom. The number of rotatable bonds is 9. The Morgan fingerprint density at radius 1 is 1.42 bits per heavy atom. The second-order valence-corrected chi connectivity index (χ2v) is 4.83. The molecule has 0 bridgehead atoms. The number of likely N-dealkylation sites (N-methyl/N-ethyl adjacent to an activating group) is 1. The van der Waals surface area contributed by atoms with Crippen molar-refractivity contribution in [1.82, 2.24) is 9.88 Å². The van der Waals surface area contributed by atoms with E-state index in [-0.39, 0.29) is 0 Å². The number of nitrogens with zero attached hydrogens (tertiary/aromatic N) is 2. The first-order valence-electron chi connectivity index (χ1n) is 7.13. The van der Waals surface area contributed by atoms with Crippen LogP contribution in [-0.2, 0) is 11.3 Å². The molecule has 4 nitrogen and oxygen atoms in total. The molecular weight excluding hydrogens is 238 g/mol. The SMILES string of the molecule is CCCNc1ccnc(CN(CC)C(C)COC)c1. The molecule has 1 aromatic rings. The van der Waals surface area contributed by atoms with E-state index in [1.54, 1.807) is 7.11 Å². The molecule has 108 valence electrons. The van der Waals surface area contributed by atoms with E-state index in [4.69, 9.17) is 4.74 Å². The van der Waals surface area contributed by atoms with Crippen LogP contribution in [0.15, 0.2) is 18.3 Å². The summed E-state index contributed by atoms with van der Waals surface area (Å²) in [4.78, 5) is 6.83. The predicted molar refractivity (Wildman–Crippen MR) is 80.4 cm³/mol. The maximum Gasteiger partial charge on any atom is 0.0615 e. The van der Waals surface area contributed by atoms with E-state index in [2.05, 4.69) is 42.0 Å². The summed E-state index contributed by atoms with van der Waals surface area (Å²) in [7, 11) is 1.75. The monoisotopic (exact) mass is 265 g/mol. The highest BCUT2D eigenvalue weighted by molar-refractivity contribution is 5.43. The van der Waals surface area contributed by atoms with Crippen molar-refractivity contribution in [3.8, 4) is 0 Å². The smallest absolute Gasteiger partial charge is 0.0615 e. The van der Waals surface area contributed by atoms with Gasteiger partial charge in [-0.2, -0.15) is 0 Å². The molecule has 0 amide bonds. The Morgan fingerprint density at radius 2 is 2.21 bits per heavy atom. The summed E-state index contributed by atoms with van der Waals surface area (Å²) in [6.07, 6.45) is 3.01. The summed E-state index contributed by atoms with van der Waals surface area (Å²) >= 11 is 0. The minimum absolute atomic E-state index is 0.407. The number of ether oxygens (including phenoxy) is 1. The van der Waals surface area contributed by atoms with Gasteiger partial charge in [-0.1, -0.05) is 13.8 Å². The van der Waals surface area contributed by atoms with Crippen LogP contribution in [0.1, 0.15) is 32.9 Å². The summed E-state index contributed by atoms with van der Waals surface area (Å²) < 4.78 is 5.23. The summed E-state index contributed by atoms with van der Waals surface area (Å²) in [5.41, 5.74) is 2.26. The molecule has 0 saturated carbocycles. The Bertz CT molecular complexity index is 357. The van der Waals surface area contributed by atoms with Crippen LogP contribution < -0.4 is 5.32 Å². The Hall–Kier alpha value is -1.13. The second-order valence-electron chi connectivity index (χ2n) is 4.83. The van der Waals surface area contributed by atoms with Crippen LogP contribution in [0.4, 0.5) is 5.69 Å². The van der Waals surface area contributed by atoms with Crippen LogP contribution in [0, 0.1) is 0 Å². The van der Waals surface area contributed by atoms with Gasteiger partial charge in [-0.05, 0) is 32.0 Å². The first-order chi connectivity index (χ1) is 9.21. The van der Waals surface area contributed by atoms with Crippen LogP contribution in [0.5, 0.6) is 0 Å². The van der Waals surface area contributed by atoms with Gasteiger partial charge < -0.3 is 10.1 Å². The zero-order valence-electron chi connectivity index (χ0n) is 12.6. The van der Waals surface area contributed by atoms with Crippen molar-refractivity contribution in [3.05, 3.63) is 24.0 Å². The maximum atomic E-state index is 5.23. The molecule has 1 unspecified atom stereocenters. The number of nitrogens with one attached hydrogen (secondary N) is 1. The first-order valence-corrected chi connectivity index (χ1v) is 7.13. The van der Waals surface area contributed by atoms with Gasteiger partial charge in [0.05, 0.1) is 12.3 Å². The summed E-state index contributed by atoms with van der Waals surface area (Å²) in [5, 5.41) is 3.40. The van der Waals surface area contributed by atoms with Crippen molar-refractivity contribution in [2.24, 2.45) is 0 Å². The van der Waals surface area contributed by atoms with E-state index in [0.717, 1.165) is 44.0 Å². The van der Waals surface area contributed by atoms with E-state index in [0.29, 0.717) is 6.04 Å². The number of aromatic nitrogens is 1. The van der Waals surface area contributed by atoms with E-state index in [1.807, 2.05) is 12.3 Å². The van der Waals surface area contributed by atoms with Gasteiger partial charge in [-0.15, -0.1) is 0 Å². The summed E-state index contributed by atoms with van der Waals surface area (Å²) in [6, 6.07) is 4.57. The van der Waals surface area contributed by atoms with Gasteiger partial charge in [0.1, 0.15) is 0 Å². The molecule has 1 N–H and O–H groups in total. The standard InChI is InChI=1S/C15H27N3O/c1-5-8-16-14-7-9-17-15(10-14)11-18(6-2)13(3)12-19-4/h7,9-10,13H,5-6,8,11-12H2,1-4H3,(H,16,17). The fraction of sp³-hybridized carbons (Fsp3) is 0.667. The maximum absolute atomic E-state index is 5.23. The molecule has 0 radical (unpaired) electrons. The molecule has 0 aliphatic heterocycles. The van der Waals surface area contributed by atoms with Gasteiger partial charge >= 0.3 is 0 Å². The molecule has 1 atom stereocenters. The van der Waals surface area contributed by atoms with E-state index < -0.39 is 0 Å². The lowest BCUT2D eigenvalue weighted by atomic mass is 10.2. The number of pyridine rings is 1. The van der Waals surface area contributed by atoms with Gasteiger partial charge in [0.15, 0.2) is 0 Å². The Labute approximate surface area is 117 Å². The third-order valence-electron chi connectivity index (χ3n) is 3.20. The molecule has 19 heavy (non-hydrogen) atoms. The molecule has 1 heterocycles. The number of methoxy groups -OCH3 is 1. The lowest BCUT2D eigenvalue weighted by molar-refractivity contribution is 0.0974. The lowest BCUT2D eigenvalue weighted by Crippen LogP contribution is -2.35. The Balaban J connectivity index is 2.63. The molecule has 0 fully saturated rings. The van der Waals surface area contributed by atoms with Crippen molar-refractivity contribution in [2.75, 3.05) is 32.1 Å². The van der Waals surface area contributed by atoms with E-state index in [9.17, 15) is 0 Å². The largest absolute Gasteiger partial charge is 0.385 e. The third kappa shape index (κ3) is 5.57. The summed E-state index contributed by atoms with van der Waals surface area (Å²) in [5.74, 6) is 0. The molecule has 0 spiro atoms. The van der Waals surface area contributed by atoms with Crippen molar-refractivity contribution >= 4 is 5.69 Å². The zero-order valence-corrected chi connectivity index (χ0v) is 12.6. The summed E-state index contributed by atoms with van der Waals surface area (Å²) in [6.45, 7) is 10.1. The van der Waals surface area contributed by atoms with Crippen molar-refractivity contribution < 1.29 is 4.74 Å². The van der Waals surface area contributed by atoms with Crippen molar-refractivity contribution in [3.63, 3.8) is 0 Å². The van der Waals surface area contributed by atoms with E-state index in [1.165, 1.54) is 0 Å². The van der Waals surface area contributed by atoms with Crippen LogP contribution in [0.3, 0.4) is 0 Å². The molecule has 1 rings (SSSR count). The highest BCUT2D eigenvalue weighted by atomic mass is 16.5. The second kappa shape index (κ2) is 8.88. The highest BCUT2D eigenvalue weighted by Gasteiger charge is 2.12. The molecular formula is C15H27N3O. The fourth-order valence-electron chi connectivity index (χ4n) is 2.08. The predicted octanol–water partition coefficient (Wildman–Crippen LogP) is 2.76. The number of anilines is 1. The van der Waals surface area contributed by atoms with Crippen LogP contribution in [-0.4, -0.2) is 42.7 Å². The minimum Gasteiger partial charge on any atom is -0.385 e. The molecule has 4 heteroatoms. The van der Waals surface area contributed by atoms with Crippen molar-refractivity contribution in [2.45, 2.75) is 39.8 Å². The minimum atomic E-state index is 0.407. The molecule has 0 aliphatic carbocycles. The van der Waals surface area contributed by atoms with Gasteiger partial charge in [0.2, 0.25) is 0 Å². The third-order valence-corrected chi connectivity index (χ3v) is 3.20. The quantitative estimate of drug-likeness (QED) is 0.745. The molecule has 0 saturated heterocycles. The van der Waals surface area contributed by atoms with Gasteiger partial charge in [-0.3, -0.25) is 9.88 Å². The van der Waals surface area contributed by atoms with Crippen molar-refractivity contribution in [1.29, 1.82) is 0 Å². The van der Waals surface area contributed by atoms with Crippen LogP contribution in [0.2, 0.25) is 0 Å². The average Bonchev–Trinajstić information content (AvgIpc) is 2.43. The van der Waals surface area contributed by atoms with Gasteiger partial charge in [0.25, 0.3) is 0 Å². The topological polar surface area (TPSA) is 37.4 Å². The van der Waals surface area contributed by atoms with Gasteiger partial charge in [0, 0.05) is 38.1 Å². The fourth-order valence-corrected chi connectivity index (χ4v) is 2.08. The Kier molecular flexibility index (Phi) is 7.45. The zero-order chi connectivity index (χ0) is 14.1. The normalized spacial score (nSPS) is 12.7. The first kappa shape index (κ1) is 15.9. The lowest BCUT2D eigenvalue weighted by Gasteiger charge is -2.27. The molecule has 0 aliphatic rings. The number of hydrogen-bond acceptors (Lipinski definition) is 4. The van der Waals surface area contributed by atoms with Crippen LogP contribution >= 0.6 is 0 Å². The number of hydrogen-bond donors (Lipinski definition) is 1. The van der Waals surface area contributed by atoms with E-state index >= 15 is 0 Å². The van der Waals surface area contributed by atoms with Crippen LogP contribution in [0.25, 0.3) is 0 Å². The van der Waals surface area contributed by atoms with Gasteiger partial charge in [-0.25, -0.2) is 0 Å².